The van der Waals surface area contributed by atoms with E-state index in [2.05, 4.69) is 15.2 Å². The van der Waals surface area contributed by atoms with Crippen LogP contribution in [0.5, 0.6) is 5.75 Å². The molecule has 0 saturated heterocycles. The fourth-order valence-electron chi connectivity index (χ4n) is 3.20. The molecular weight excluding hydrogens is 430 g/mol. The third kappa shape index (κ3) is 3.85. The maximum absolute atomic E-state index is 12.3. The van der Waals surface area contributed by atoms with E-state index in [0.29, 0.717) is 16.4 Å². The van der Waals surface area contributed by atoms with Gasteiger partial charge in [-0.05, 0) is 24.3 Å². The van der Waals surface area contributed by atoms with Crippen molar-refractivity contribution in [3.05, 3.63) is 88.3 Å². The van der Waals surface area contributed by atoms with Crippen molar-refractivity contribution in [2.24, 2.45) is 0 Å². The van der Waals surface area contributed by atoms with E-state index < -0.39 is 0 Å². The maximum atomic E-state index is 12.3. The summed E-state index contributed by atoms with van der Waals surface area (Å²) in [6, 6.07) is 19.3. The molecule has 0 saturated carbocycles. The predicted molar refractivity (Wildman–Crippen MR) is 122 cm³/mol. The van der Waals surface area contributed by atoms with Gasteiger partial charge in [-0.2, -0.15) is 0 Å². The predicted octanol–water partition coefficient (Wildman–Crippen LogP) is 4.30. The van der Waals surface area contributed by atoms with E-state index in [4.69, 9.17) is 4.74 Å². The van der Waals surface area contributed by atoms with Gasteiger partial charge in [-0.25, -0.2) is 4.98 Å². The number of rotatable bonds is 6. The van der Waals surface area contributed by atoms with Gasteiger partial charge in [-0.3, -0.25) is 13.8 Å². The van der Waals surface area contributed by atoms with Gasteiger partial charge in [0.2, 0.25) is 0 Å². The van der Waals surface area contributed by atoms with Crippen LogP contribution >= 0.6 is 23.1 Å². The molecule has 0 spiro atoms. The quantitative estimate of drug-likeness (QED) is 0.361. The van der Waals surface area contributed by atoms with Crippen LogP contribution in [0.1, 0.15) is 5.69 Å². The van der Waals surface area contributed by atoms with Crippen LogP contribution in [0.4, 0.5) is 0 Å². The number of thioether (sulfide) groups is 1. The van der Waals surface area contributed by atoms with Gasteiger partial charge in [0.15, 0.2) is 15.9 Å². The zero-order chi connectivity index (χ0) is 21.2. The number of benzene rings is 2. The molecule has 5 aromatic rings. The molecule has 0 atom stereocenters. The monoisotopic (exact) mass is 447 g/mol. The first-order valence-electron chi connectivity index (χ1n) is 9.47. The number of fused-ring (bicyclic) bond motifs is 1. The third-order valence-corrected chi connectivity index (χ3v) is 6.42. The smallest absolute Gasteiger partial charge is 0.258 e. The average Bonchev–Trinajstić information content (AvgIpc) is 3.46. The topological polar surface area (TPSA) is 74.3 Å². The second-order valence-corrected chi connectivity index (χ2v) is 8.45. The lowest BCUT2D eigenvalue weighted by Crippen LogP contribution is -2.12. The summed E-state index contributed by atoms with van der Waals surface area (Å²) in [7, 11) is 1.64. The standard InChI is InChI=1S/C22H17N5O2S2/c1-29-18-9-7-17(8-10-18)27-20(15-5-3-2-4-6-15)24-25-22(27)31-14-16-13-19(28)26-11-12-30-21(26)23-16/h2-13H,14H2,1H3. The molecular formula is C22H17N5O2S2. The van der Waals surface area contributed by atoms with Crippen LogP contribution in [-0.2, 0) is 5.75 Å². The van der Waals surface area contributed by atoms with Crippen LogP contribution in [-0.4, -0.2) is 31.3 Å². The molecule has 0 aliphatic rings. The molecule has 0 amide bonds. The minimum absolute atomic E-state index is 0.0801. The Bertz CT molecular complexity index is 1390. The second kappa shape index (κ2) is 8.37. The van der Waals surface area contributed by atoms with Crippen molar-refractivity contribution in [1.29, 1.82) is 0 Å². The summed E-state index contributed by atoms with van der Waals surface area (Å²) >= 11 is 2.93. The highest BCUT2D eigenvalue weighted by atomic mass is 32.2. The summed E-state index contributed by atoms with van der Waals surface area (Å²) < 4.78 is 8.85. The Hall–Kier alpha value is -3.43. The molecule has 0 fully saturated rings. The summed E-state index contributed by atoms with van der Waals surface area (Å²) in [5, 5.41) is 11.5. The summed E-state index contributed by atoms with van der Waals surface area (Å²) in [6.45, 7) is 0. The van der Waals surface area contributed by atoms with Crippen LogP contribution in [0.2, 0.25) is 0 Å². The lowest BCUT2D eigenvalue weighted by atomic mass is 10.2. The fourth-order valence-corrected chi connectivity index (χ4v) is 4.78. The summed E-state index contributed by atoms with van der Waals surface area (Å²) in [5.74, 6) is 2.03. The van der Waals surface area contributed by atoms with Crippen molar-refractivity contribution in [1.82, 2.24) is 24.1 Å². The second-order valence-electron chi connectivity index (χ2n) is 6.64. The number of aromatic nitrogens is 5. The van der Waals surface area contributed by atoms with Gasteiger partial charge in [0.1, 0.15) is 5.75 Å². The summed E-state index contributed by atoms with van der Waals surface area (Å²) in [4.78, 5) is 17.6. The molecule has 154 valence electrons. The first-order valence-corrected chi connectivity index (χ1v) is 11.3. The van der Waals surface area contributed by atoms with Crippen LogP contribution in [0.15, 0.2) is 82.2 Å². The lowest BCUT2D eigenvalue weighted by Gasteiger charge is -2.11. The van der Waals surface area contributed by atoms with Gasteiger partial charge in [-0.1, -0.05) is 42.1 Å². The minimum Gasteiger partial charge on any atom is -0.497 e. The number of nitrogens with zero attached hydrogens (tertiary/aromatic N) is 5. The summed E-state index contributed by atoms with van der Waals surface area (Å²) in [5.41, 5.74) is 2.52. The largest absolute Gasteiger partial charge is 0.497 e. The molecule has 9 heteroatoms. The van der Waals surface area contributed by atoms with Crippen molar-refractivity contribution < 1.29 is 4.74 Å². The third-order valence-electron chi connectivity index (χ3n) is 4.70. The molecule has 0 N–H and O–H groups in total. The highest BCUT2D eigenvalue weighted by Gasteiger charge is 2.17. The van der Waals surface area contributed by atoms with Gasteiger partial charge in [0.25, 0.3) is 5.56 Å². The molecule has 3 aromatic heterocycles. The van der Waals surface area contributed by atoms with Crippen LogP contribution in [0.3, 0.4) is 0 Å². The van der Waals surface area contributed by atoms with Gasteiger partial charge in [0, 0.05) is 34.6 Å². The number of hydrogen-bond donors (Lipinski definition) is 0. The van der Waals surface area contributed by atoms with Crippen LogP contribution < -0.4 is 10.3 Å². The molecule has 0 aliphatic heterocycles. The minimum atomic E-state index is -0.0801. The van der Waals surface area contributed by atoms with E-state index >= 15 is 0 Å². The molecule has 2 aromatic carbocycles. The highest BCUT2D eigenvalue weighted by Crippen LogP contribution is 2.30. The molecule has 7 nitrogen and oxygen atoms in total. The molecule has 5 rings (SSSR count). The normalized spacial score (nSPS) is 11.1. The van der Waals surface area contributed by atoms with Gasteiger partial charge >= 0.3 is 0 Å². The van der Waals surface area contributed by atoms with Gasteiger partial charge in [-0.15, -0.1) is 21.5 Å². The van der Waals surface area contributed by atoms with E-state index in [9.17, 15) is 4.79 Å². The van der Waals surface area contributed by atoms with Crippen LogP contribution in [0, 0.1) is 0 Å². The molecule has 0 aliphatic carbocycles. The Labute approximate surface area is 186 Å². The molecule has 31 heavy (non-hydrogen) atoms. The number of hydrogen-bond acceptors (Lipinski definition) is 7. The number of methoxy groups -OCH3 is 1. The Morgan fingerprint density at radius 1 is 1.06 bits per heavy atom. The van der Waals surface area contributed by atoms with Gasteiger partial charge < -0.3 is 4.74 Å². The van der Waals surface area contributed by atoms with Crippen LogP contribution in [0.25, 0.3) is 22.0 Å². The zero-order valence-electron chi connectivity index (χ0n) is 16.5. The molecule has 0 radical (unpaired) electrons. The van der Waals surface area contributed by atoms with E-state index in [1.165, 1.54) is 23.1 Å². The molecule has 3 heterocycles. The first kappa shape index (κ1) is 19.5. The lowest BCUT2D eigenvalue weighted by molar-refractivity contribution is 0.414. The molecule has 0 unspecified atom stereocenters. The van der Waals surface area contributed by atoms with Gasteiger partial charge in [0.05, 0.1) is 12.8 Å². The van der Waals surface area contributed by atoms with E-state index in [1.54, 1.807) is 23.8 Å². The summed E-state index contributed by atoms with van der Waals surface area (Å²) in [6.07, 6.45) is 1.73. The Kier molecular flexibility index (Phi) is 5.27. The van der Waals surface area contributed by atoms with E-state index in [0.717, 1.165) is 28.0 Å². The van der Waals surface area contributed by atoms with E-state index in [-0.39, 0.29) is 5.56 Å². The van der Waals surface area contributed by atoms with E-state index in [1.807, 2.05) is 64.5 Å². The Morgan fingerprint density at radius 2 is 1.87 bits per heavy atom. The first-order chi connectivity index (χ1) is 15.2. The van der Waals surface area contributed by atoms with Crippen molar-refractivity contribution in [3.8, 4) is 22.8 Å². The van der Waals surface area contributed by atoms with Crippen molar-refractivity contribution in [3.63, 3.8) is 0 Å². The average molecular weight is 448 g/mol. The number of thiazole rings is 1. The fraction of sp³-hybridized carbons (Fsp3) is 0.0909. The zero-order valence-corrected chi connectivity index (χ0v) is 18.1. The SMILES string of the molecule is COc1ccc(-n2c(SCc3cc(=O)n4ccsc4n3)nnc2-c2ccccc2)cc1. The Balaban J connectivity index is 1.52. The number of ether oxygens (including phenoxy) is 1. The molecule has 0 bridgehead atoms. The van der Waals surface area contributed by atoms with Crippen molar-refractivity contribution in [2.75, 3.05) is 7.11 Å². The Morgan fingerprint density at radius 3 is 2.65 bits per heavy atom. The highest BCUT2D eigenvalue weighted by molar-refractivity contribution is 7.98. The van der Waals surface area contributed by atoms with Crippen molar-refractivity contribution >= 4 is 28.1 Å². The van der Waals surface area contributed by atoms with Crippen molar-refractivity contribution in [2.45, 2.75) is 10.9 Å². The maximum Gasteiger partial charge on any atom is 0.258 e.